The van der Waals surface area contributed by atoms with Gasteiger partial charge in [-0.25, -0.2) is 8.78 Å². The molecule has 162 valence electrons. The van der Waals surface area contributed by atoms with Crippen molar-refractivity contribution in [2.75, 3.05) is 7.11 Å². The van der Waals surface area contributed by atoms with Crippen LogP contribution in [0.1, 0.15) is 39.7 Å². The molecule has 0 amide bonds. The molecular weight excluding hydrogens is 372 g/mol. The van der Waals surface area contributed by atoms with Gasteiger partial charge in [-0.15, -0.1) is 0 Å². The van der Waals surface area contributed by atoms with Crippen LogP contribution in [-0.2, 0) is 6.42 Å². The summed E-state index contributed by atoms with van der Waals surface area (Å²) < 4.78 is 28.5. The van der Waals surface area contributed by atoms with E-state index in [1.165, 1.54) is 29.3 Å². The highest BCUT2D eigenvalue weighted by Gasteiger charge is 2.17. The van der Waals surface area contributed by atoms with Crippen LogP contribution in [0, 0.1) is 11.8 Å². The monoisotopic (exact) mass is 407 g/mol. The Hall–Kier alpha value is -2.40. The van der Waals surface area contributed by atoms with Gasteiger partial charge in [-0.3, -0.25) is 10.7 Å². The Labute approximate surface area is 174 Å². The van der Waals surface area contributed by atoms with Crippen molar-refractivity contribution in [3.63, 3.8) is 0 Å². The van der Waals surface area contributed by atoms with Gasteiger partial charge in [0.2, 0.25) is 6.43 Å². The quantitative estimate of drug-likeness (QED) is 0.487. The van der Waals surface area contributed by atoms with Crippen LogP contribution < -0.4 is 10.2 Å². The molecule has 0 fully saturated rings. The molecule has 2 N–H and O–H groups in total. The summed E-state index contributed by atoms with van der Waals surface area (Å²) in [6.07, 6.45) is 1.38. The molecule has 0 aliphatic carbocycles. The summed E-state index contributed by atoms with van der Waals surface area (Å²) in [4.78, 5) is 0. The molecule has 2 aromatic rings. The number of aryl methyl sites for hydroxylation is 1. The molecular formula is C24H35F2NO2. The lowest BCUT2D eigenvalue weighted by Gasteiger charge is -2.12. The summed E-state index contributed by atoms with van der Waals surface area (Å²) in [7, 11) is 1.69. The molecule has 0 aromatic heterocycles. The second-order valence-electron chi connectivity index (χ2n) is 6.95. The third-order valence-electron chi connectivity index (χ3n) is 4.46. The molecule has 2 aromatic carbocycles. The van der Waals surface area contributed by atoms with Crippen LogP contribution in [0.25, 0.3) is 11.1 Å². The first-order valence-corrected chi connectivity index (χ1v) is 9.82. The minimum absolute atomic E-state index is 0.0926. The van der Waals surface area contributed by atoms with Crippen LogP contribution in [0.3, 0.4) is 0 Å². The van der Waals surface area contributed by atoms with Gasteiger partial charge in [-0.2, -0.15) is 0 Å². The zero-order chi connectivity index (χ0) is 22.2. The summed E-state index contributed by atoms with van der Waals surface area (Å²) in [5.74, 6) is 0.529. The Morgan fingerprint density at radius 2 is 1.45 bits per heavy atom. The number of methoxy groups -OCH3 is 1. The predicted octanol–water partition coefficient (Wildman–Crippen LogP) is 6.97. The van der Waals surface area contributed by atoms with Gasteiger partial charge in [0.1, 0.15) is 5.75 Å². The molecule has 2 rings (SSSR count). The van der Waals surface area contributed by atoms with Crippen molar-refractivity contribution < 1.29 is 18.7 Å². The number of hydrogen-bond acceptors (Lipinski definition) is 3. The molecule has 0 radical (unpaired) electrons. The van der Waals surface area contributed by atoms with Crippen molar-refractivity contribution in [1.82, 2.24) is 5.48 Å². The lowest BCUT2D eigenvalue weighted by atomic mass is 9.99. The van der Waals surface area contributed by atoms with Crippen molar-refractivity contribution >= 4 is 0 Å². The Balaban J connectivity index is 0.000000547. The van der Waals surface area contributed by atoms with Crippen LogP contribution in [0.4, 0.5) is 8.78 Å². The molecule has 0 saturated carbocycles. The topological polar surface area (TPSA) is 41.5 Å². The Morgan fingerprint density at radius 1 is 1.00 bits per heavy atom. The van der Waals surface area contributed by atoms with Crippen molar-refractivity contribution in [2.45, 2.75) is 47.0 Å². The molecule has 29 heavy (non-hydrogen) atoms. The minimum Gasteiger partial charge on any atom is -0.497 e. The maximum Gasteiger partial charge on any atom is 0.241 e. The second kappa shape index (κ2) is 15.5. The zero-order valence-electron chi connectivity index (χ0n) is 18.2. The highest BCUT2D eigenvalue weighted by atomic mass is 19.3. The largest absolute Gasteiger partial charge is 0.497 e. The molecule has 0 saturated heterocycles. The lowest BCUT2D eigenvalue weighted by Crippen LogP contribution is -2.12. The van der Waals surface area contributed by atoms with Crippen LogP contribution in [0.5, 0.6) is 5.75 Å². The fraction of sp³-hybridized carbons (Fsp3) is 0.417. The average molecular weight is 408 g/mol. The smallest absolute Gasteiger partial charge is 0.241 e. The van der Waals surface area contributed by atoms with Gasteiger partial charge < -0.3 is 4.74 Å². The van der Waals surface area contributed by atoms with Crippen LogP contribution in [-0.4, -0.2) is 18.7 Å². The van der Waals surface area contributed by atoms with Crippen LogP contribution >= 0.6 is 0 Å². The molecule has 0 spiro atoms. The molecule has 1 unspecified atom stereocenters. The van der Waals surface area contributed by atoms with Gasteiger partial charge in [0.05, 0.1) is 7.11 Å². The number of nitrogens with one attached hydrogen (secondary N) is 1. The predicted molar refractivity (Wildman–Crippen MR) is 118 cm³/mol. The zero-order valence-corrected chi connectivity index (χ0v) is 18.2. The molecule has 3 nitrogen and oxygen atoms in total. The van der Waals surface area contributed by atoms with E-state index in [0.29, 0.717) is 0 Å². The first kappa shape index (κ1) is 26.6. The van der Waals surface area contributed by atoms with Gasteiger partial charge in [0, 0.05) is 12.1 Å². The first-order valence-electron chi connectivity index (χ1n) is 9.82. The van der Waals surface area contributed by atoms with Crippen molar-refractivity contribution in [1.29, 1.82) is 0 Å². The van der Waals surface area contributed by atoms with Gasteiger partial charge in [-0.05, 0) is 41.2 Å². The first-order chi connectivity index (χ1) is 13.8. The maximum atomic E-state index is 11.7. The van der Waals surface area contributed by atoms with Crippen molar-refractivity contribution in [2.24, 2.45) is 11.8 Å². The average Bonchev–Trinajstić information content (AvgIpc) is 2.74. The molecule has 0 aliphatic heterocycles. The Bertz CT molecular complexity index is 648. The number of hydrogen-bond donors (Lipinski definition) is 2. The SMILES string of the molecule is C=CNO.CC(C)C(C)C(F)F.CCCc1ccc(-c2ccc(OC)cc2)cc1. The number of rotatable bonds is 7. The standard InChI is InChI=1S/C16H18O.C6H12F2.C2H5NO/c1-3-4-13-5-7-14(8-6-13)15-9-11-16(17-2)12-10-15;1-4(2)5(3)6(7)8;1-2-3-4/h5-12H,3-4H2,1-2H3;4-6H,1-3H3;2-4H,1H2. The van der Waals surface area contributed by atoms with Crippen molar-refractivity contribution in [3.8, 4) is 16.9 Å². The fourth-order valence-electron chi connectivity index (χ4n) is 2.23. The van der Waals surface area contributed by atoms with Gasteiger partial charge in [-0.1, -0.05) is 77.1 Å². The number of hydroxylamine groups is 1. The second-order valence-corrected chi connectivity index (χ2v) is 6.95. The highest BCUT2D eigenvalue weighted by Crippen LogP contribution is 2.23. The normalized spacial score (nSPS) is 11.0. The van der Waals surface area contributed by atoms with E-state index in [1.54, 1.807) is 33.4 Å². The summed E-state index contributed by atoms with van der Waals surface area (Å²) in [6.45, 7) is 10.5. The van der Waals surface area contributed by atoms with Crippen LogP contribution in [0.15, 0.2) is 61.3 Å². The summed E-state index contributed by atoms with van der Waals surface area (Å²) in [5.41, 5.74) is 5.59. The Morgan fingerprint density at radius 3 is 1.72 bits per heavy atom. The van der Waals surface area contributed by atoms with E-state index >= 15 is 0 Å². The van der Waals surface area contributed by atoms with Gasteiger partial charge in [0.15, 0.2) is 0 Å². The van der Waals surface area contributed by atoms with E-state index in [2.05, 4.69) is 49.9 Å². The number of benzene rings is 2. The number of halogens is 2. The van der Waals surface area contributed by atoms with E-state index in [9.17, 15) is 8.78 Å². The van der Waals surface area contributed by atoms with E-state index in [4.69, 9.17) is 9.94 Å². The third kappa shape index (κ3) is 11.3. The summed E-state index contributed by atoms with van der Waals surface area (Å²) >= 11 is 0. The van der Waals surface area contributed by atoms with E-state index < -0.39 is 12.3 Å². The molecule has 0 bridgehead atoms. The van der Waals surface area contributed by atoms with Gasteiger partial charge in [0.25, 0.3) is 0 Å². The van der Waals surface area contributed by atoms with E-state index in [0.717, 1.165) is 12.2 Å². The maximum absolute atomic E-state index is 11.7. The van der Waals surface area contributed by atoms with Gasteiger partial charge >= 0.3 is 0 Å². The fourth-order valence-corrected chi connectivity index (χ4v) is 2.23. The van der Waals surface area contributed by atoms with E-state index in [-0.39, 0.29) is 5.92 Å². The molecule has 0 heterocycles. The summed E-state index contributed by atoms with van der Waals surface area (Å²) in [5, 5.41) is 7.51. The van der Waals surface area contributed by atoms with Crippen molar-refractivity contribution in [3.05, 3.63) is 66.9 Å². The number of ether oxygens (including phenoxy) is 1. The van der Waals surface area contributed by atoms with E-state index in [1.807, 2.05) is 12.1 Å². The lowest BCUT2D eigenvalue weighted by molar-refractivity contribution is 0.0626. The number of alkyl halides is 2. The molecule has 1 atom stereocenters. The Kier molecular flexibility index (Phi) is 14.2. The molecule has 0 aliphatic rings. The summed E-state index contributed by atoms with van der Waals surface area (Å²) in [6, 6.07) is 17.0. The molecule has 5 heteroatoms. The highest BCUT2D eigenvalue weighted by molar-refractivity contribution is 5.64. The third-order valence-corrected chi connectivity index (χ3v) is 4.46. The minimum atomic E-state index is -2.16. The van der Waals surface area contributed by atoms with Crippen LogP contribution in [0.2, 0.25) is 0 Å².